The highest BCUT2D eigenvalue weighted by Gasteiger charge is 2.41. The van der Waals surface area contributed by atoms with Crippen LogP contribution < -0.4 is 5.32 Å². The van der Waals surface area contributed by atoms with Crippen LogP contribution in [0.25, 0.3) is 0 Å². The van der Waals surface area contributed by atoms with Crippen LogP contribution in [-0.2, 0) is 14.6 Å². The van der Waals surface area contributed by atoms with Crippen molar-refractivity contribution in [3.63, 3.8) is 0 Å². The molecule has 2 atom stereocenters. The molecule has 0 saturated carbocycles. The van der Waals surface area contributed by atoms with E-state index in [0.29, 0.717) is 0 Å². The van der Waals surface area contributed by atoms with Gasteiger partial charge in [-0.3, -0.25) is 10.1 Å². The van der Waals surface area contributed by atoms with E-state index in [9.17, 15) is 13.2 Å². The number of hydrogen-bond acceptors (Lipinski definition) is 5. The third-order valence-electron chi connectivity index (χ3n) is 3.38. The van der Waals surface area contributed by atoms with E-state index in [-0.39, 0.29) is 36.3 Å². The quantitative estimate of drug-likeness (QED) is 0.888. The molecule has 1 aromatic rings. The van der Waals surface area contributed by atoms with E-state index in [1.807, 2.05) is 31.4 Å². The van der Waals surface area contributed by atoms with Crippen LogP contribution in [0.1, 0.15) is 24.9 Å². The topological polar surface area (TPSA) is 66.5 Å². The summed E-state index contributed by atoms with van der Waals surface area (Å²) in [6, 6.07) is 3.65. The molecule has 1 aliphatic heterocycles. The van der Waals surface area contributed by atoms with Crippen molar-refractivity contribution in [2.45, 2.75) is 26.1 Å². The van der Waals surface area contributed by atoms with Gasteiger partial charge >= 0.3 is 0 Å². The maximum Gasteiger partial charge on any atom is 0.241 e. The molecule has 0 aromatic carbocycles. The minimum Gasteiger partial charge on any atom is -0.320 e. The van der Waals surface area contributed by atoms with Crippen molar-refractivity contribution in [2.75, 3.05) is 18.6 Å². The van der Waals surface area contributed by atoms with Gasteiger partial charge in [0, 0.05) is 17.7 Å². The molecule has 112 valence electrons. The molecular weight excluding hydrogens is 296 g/mol. The lowest BCUT2D eigenvalue weighted by atomic mass is 10.1. The summed E-state index contributed by atoms with van der Waals surface area (Å²) in [6.07, 6.45) is 0.984. The summed E-state index contributed by atoms with van der Waals surface area (Å²) < 4.78 is 22.7. The van der Waals surface area contributed by atoms with Crippen LogP contribution in [0.5, 0.6) is 0 Å². The average molecular weight is 316 g/mol. The summed E-state index contributed by atoms with van der Waals surface area (Å²) in [7, 11) is -3.08. The SMILES string of the molecule is CC(C)C1NC(c2cccs2)N(CCS(C)(=O)=O)C1=O. The maximum atomic E-state index is 12.4. The molecule has 0 bridgehead atoms. The number of nitrogens with zero attached hydrogens (tertiary/aromatic N) is 1. The Kier molecular flexibility index (Phi) is 4.51. The zero-order chi connectivity index (χ0) is 14.9. The second-order valence-electron chi connectivity index (χ2n) is 5.47. The number of rotatable bonds is 5. The summed E-state index contributed by atoms with van der Waals surface area (Å²) in [5, 5.41) is 5.28. The molecule has 1 amide bonds. The lowest BCUT2D eigenvalue weighted by molar-refractivity contribution is -0.130. The first-order chi connectivity index (χ1) is 9.29. The normalized spacial score (nSPS) is 23.8. The van der Waals surface area contributed by atoms with Crippen LogP contribution >= 0.6 is 11.3 Å². The average Bonchev–Trinajstić information content (AvgIpc) is 2.92. The van der Waals surface area contributed by atoms with Gasteiger partial charge in [0.15, 0.2) is 0 Å². The highest BCUT2D eigenvalue weighted by molar-refractivity contribution is 7.90. The molecule has 5 nitrogen and oxygen atoms in total. The largest absolute Gasteiger partial charge is 0.320 e. The Labute approximate surface area is 123 Å². The molecule has 2 rings (SSSR count). The summed E-state index contributed by atoms with van der Waals surface area (Å²) in [5.74, 6) is 0.155. The van der Waals surface area contributed by atoms with Gasteiger partial charge in [-0.15, -0.1) is 11.3 Å². The second kappa shape index (κ2) is 5.83. The molecule has 2 unspecified atom stereocenters. The minimum atomic E-state index is -3.08. The Balaban J connectivity index is 2.21. The molecule has 7 heteroatoms. The van der Waals surface area contributed by atoms with Crippen molar-refractivity contribution in [1.29, 1.82) is 0 Å². The number of carbonyl (C=O) groups is 1. The lowest BCUT2D eigenvalue weighted by Gasteiger charge is -2.22. The molecule has 0 spiro atoms. The van der Waals surface area contributed by atoms with Crippen LogP contribution in [0.3, 0.4) is 0 Å². The van der Waals surface area contributed by atoms with E-state index in [1.54, 1.807) is 16.2 Å². The molecular formula is C13H20N2O3S2. The predicted molar refractivity (Wildman–Crippen MR) is 80.2 cm³/mol. The van der Waals surface area contributed by atoms with Crippen molar-refractivity contribution < 1.29 is 13.2 Å². The summed E-state index contributed by atoms with van der Waals surface area (Å²) in [5.41, 5.74) is 0. The summed E-state index contributed by atoms with van der Waals surface area (Å²) in [6.45, 7) is 4.21. The Hall–Kier alpha value is -0.920. The van der Waals surface area contributed by atoms with E-state index in [1.165, 1.54) is 6.26 Å². The van der Waals surface area contributed by atoms with Crippen molar-refractivity contribution in [2.24, 2.45) is 5.92 Å². The standard InChI is InChI=1S/C13H20N2O3S2/c1-9(2)11-13(16)15(6-8-20(3,17)18)12(14-11)10-5-4-7-19-10/h4-5,7,9,11-12,14H,6,8H2,1-3H3. The molecule has 1 aliphatic rings. The van der Waals surface area contributed by atoms with Crippen molar-refractivity contribution in [3.8, 4) is 0 Å². The smallest absolute Gasteiger partial charge is 0.241 e. The Morgan fingerprint density at radius 1 is 1.45 bits per heavy atom. The Morgan fingerprint density at radius 3 is 2.65 bits per heavy atom. The van der Waals surface area contributed by atoms with Gasteiger partial charge in [-0.05, 0) is 17.4 Å². The summed E-state index contributed by atoms with van der Waals surface area (Å²) in [4.78, 5) is 15.1. The van der Waals surface area contributed by atoms with Gasteiger partial charge in [-0.1, -0.05) is 19.9 Å². The van der Waals surface area contributed by atoms with Crippen LogP contribution in [0, 0.1) is 5.92 Å². The highest BCUT2D eigenvalue weighted by atomic mass is 32.2. The number of thiophene rings is 1. The van der Waals surface area contributed by atoms with Gasteiger partial charge in [-0.25, -0.2) is 8.42 Å². The number of hydrogen-bond donors (Lipinski definition) is 1. The first kappa shape index (κ1) is 15.5. The van der Waals surface area contributed by atoms with Gasteiger partial charge in [-0.2, -0.15) is 0 Å². The molecule has 20 heavy (non-hydrogen) atoms. The van der Waals surface area contributed by atoms with E-state index in [2.05, 4.69) is 5.32 Å². The fourth-order valence-electron chi connectivity index (χ4n) is 2.30. The first-order valence-corrected chi connectivity index (χ1v) is 9.51. The number of sulfone groups is 1. The van der Waals surface area contributed by atoms with E-state index in [4.69, 9.17) is 0 Å². The number of nitrogens with one attached hydrogen (secondary N) is 1. The molecule has 0 aliphatic carbocycles. The fourth-order valence-corrected chi connectivity index (χ4v) is 3.62. The minimum absolute atomic E-state index is 0.00683. The van der Waals surface area contributed by atoms with Crippen molar-refractivity contribution in [3.05, 3.63) is 22.4 Å². The third-order valence-corrected chi connectivity index (χ3v) is 5.23. The van der Waals surface area contributed by atoms with Crippen molar-refractivity contribution in [1.82, 2.24) is 10.2 Å². The summed E-state index contributed by atoms with van der Waals surface area (Å²) >= 11 is 1.57. The third kappa shape index (κ3) is 3.39. The Bertz CT molecular complexity index is 566. The zero-order valence-electron chi connectivity index (χ0n) is 11.9. The maximum absolute atomic E-state index is 12.4. The van der Waals surface area contributed by atoms with Gasteiger partial charge in [0.05, 0.1) is 11.8 Å². The lowest BCUT2D eigenvalue weighted by Crippen LogP contribution is -2.36. The Morgan fingerprint density at radius 2 is 2.15 bits per heavy atom. The zero-order valence-corrected chi connectivity index (χ0v) is 13.5. The molecule has 1 fully saturated rings. The van der Waals surface area contributed by atoms with Gasteiger partial charge in [0.25, 0.3) is 0 Å². The monoisotopic (exact) mass is 316 g/mol. The number of amides is 1. The molecule has 1 saturated heterocycles. The van der Waals surface area contributed by atoms with Gasteiger partial charge in [0.1, 0.15) is 16.0 Å². The molecule has 1 aromatic heterocycles. The first-order valence-electron chi connectivity index (χ1n) is 6.57. The molecule has 0 radical (unpaired) electrons. The van der Waals surface area contributed by atoms with Crippen LogP contribution in [0.2, 0.25) is 0 Å². The van der Waals surface area contributed by atoms with E-state index in [0.717, 1.165) is 4.88 Å². The highest BCUT2D eigenvalue weighted by Crippen LogP contribution is 2.30. The van der Waals surface area contributed by atoms with Crippen LogP contribution in [0.4, 0.5) is 0 Å². The van der Waals surface area contributed by atoms with Crippen LogP contribution in [0.15, 0.2) is 17.5 Å². The van der Waals surface area contributed by atoms with Gasteiger partial charge < -0.3 is 4.90 Å². The fraction of sp³-hybridized carbons (Fsp3) is 0.615. The predicted octanol–water partition coefficient (Wildman–Crippen LogP) is 1.25. The van der Waals surface area contributed by atoms with Crippen LogP contribution in [-0.4, -0.2) is 43.8 Å². The number of carbonyl (C=O) groups excluding carboxylic acids is 1. The van der Waals surface area contributed by atoms with E-state index >= 15 is 0 Å². The second-order valence-corrected chi connectivity index (χ2v) is 8.71. The molecule has 1 N–H and O–H groups in total. The molecule has 2 heterocycles. The van der Waals surface area contributed by atoms with Gasteiger partial charge in [0.2, 0.25) is 5.91 Å². The van der Waals surface area contributed by atoms with E-state index < -0.39 is 9.84 Å². The van der Waals surface area contributed by atoms with Crippen molar-refractivity contribution >= 4 is 27.1 Å².